The zero-order valence-corrected chi connectivity index (χ0v) is 29.4. The van der Waals surface area contributed by atoms with E-state index in [4.69, 9.17) is 46.4 Å². The van der Waals surface area contributed by atoms with Crippen LogP contribution in [0.15, 0.2) is 72.8 Å². The van der Waals surface area contributed by atoms with Crippen molar-refractivity contribution < 1.29 is 40.1 Å². The molecule has 0 spiro atoms. The van der Waals surface area contributed by atoms with Crippen molar-refractivity contribution in [2.24, 2.45) is 0 Å². The van der Waals surface area contributed by atoms with Crippen molar-refractivity contribution in [3.8, 4) is 0 Å². The third-order valence-electron chi connectivity index (χ3n) is 7.63. The summed E-state index contributed by atoms with van der Waals surface area (Å²) >= 11 is 22.9. The number of aliphatic hydroxyl groups excluding tert-OH is 4. The van der Waals surface area contributed by atoms with Gasteiger partial charge in [0.05, 0.1) is 44.1 Å². The molecule has 4 aromatic rings. The van der Waals surface area contributed by atoms with Gasteiger partial charge in [0.1, 0.15) is 20.1 Å². The van der Waals surface area contributed by atoms with Crippen molar-refractivity contribution in [3.63, 3.8) is 0 Å². The summed E-state index contributed by atoms with van der Waals surface area (Å²) in [6.07, 6.45) is -3.95. The predicted octanol–water partition coefficient (Wildman–Crippen LogP) is 8.71. The van der Waals surface area contributed by atoms with Crippen LogP contribution in [0, 0.1) is 40.5 Å². The van der Waals surface area contributed by atoms with Crippen LogP contribution in [0.5, 0.6) is 0 Å². The Bertz CT molecular complexity index is 1690. The lowest BCUT2D eigenvalue weighted by Gasteiger charge is -2.15. The van der Waals surface area contributed by atoms with Gasteiger partial charge in [-0.05, 0) is 72.2 Å². The Morgan fingerprint density at radius 2 is 0.577 bits per heavy atom. The first-order valence-electron chi connectivity index (χ1n) is 14.9. The topological polar surface area (TPSA) is 253 Å². The number of nitro benzene ring substituents is 4. The lowest BCUT2D eigenvalue weighted by atomic mass is 9.98. The van der Waals surface area contributed by atoms with Crippen LogP contribution < -0.4 is 0 Å². The molecule has 0 aliphatic carbocycles. The lowest BCUT2D eigenvalue weighted by molar-refractivity contribution is -0.385. The monoisotopic (exact) mass is 800 g/mol. The summed E-state index contributed by atoms with van der Waals surface area (Å²) in [4.78, 5) is 41.0. The summed E-state index contributed by atoms with van der Waals surface area (Å²) in [5, 5.41) is 84.2. The van der Waals surface area contributed by atoms with E-state index in [9.17, 15) is 60.9 Å². The number of nitro groups is 4. The predicted molar refractivity (Wildman–Crippen MR) is 191 cm³/mol. The minimum absolute atomic E-state index is 0.0422. The highest BCUT2D eigenvalue weighted by molar-refractivity contribution is 6.33. The maximum absolute atomic E-state index is 10.9. The summed E-state index contributed by atoms with van der Waals surface area (Å²) in [6, 6.07) is 15.8. The smallest absolute Gasteiger partial charge is 0.288 e. The maximum atomic E-state index is 10.9. The molecular weight excluding hydrogens is 774 g/mol. The molecule has 0 saturated carbocycles. The summed E-state index contributed by atoms with van der Waals surface area (Å²) < 4.78 is 0. The number of halogens is 4. The minimum atomic E-state index is -1.07. The normalized spacial score (nSPS) is 13.2. The molecule has 4 N–H and O–H groups in total. The molecule has 276 valence electrons. The molecule has 0 aliphatic heterocycles. The molecule has 0 bridgehead atoms. The zero-order chi connectivity index (χ0) is 38.9. The Morgan fingerprint density at radius 1 is 0.404 bits per heavy atom. The summed E-state index contributed by atoms with van der Waals surface area (Å²) in [5.41, 5.74) is -0.139. The molecular formula is C32H28Cl4N4O12. The van der Waals surface area contributed by atoms with Gasteiger partial charge in [-0.3, -0.25) is 40.5 Å². The van der Waals surface area contributed by atoms with E-state index in [0.717, 1.165) is 0 Å². The van der Waals surface area contributed by atoms with Crippen molar-refractivity contribution in [1.82, 2.24) is 0 Å². The molecule has 0 aromatic heterocycles. The Balaban J connectivity index is 0.000000280. The van der Waals surface area contributed by atoms with Gasteiger partial charge < -0.3 is 20.4 Å². The third-order valence-corrected chi connectivity index (χ3v) is 8.91. The van der Waals surface area contributed by atoms with Gasteiger partial charge >= 0.3 is 0 Å². The van der Waals surface area contributed by atoms with Crippen LogP contribution in [0.1, 0.15) is 72.4 Å². The highest BCUT2D eigenvalue weighted by atomic mass is 35.5. The number of aliphatic hydroxyl groups is 4. The average molecular weight is 802 g/mol. The molecule has 0 unspecified atom stereocenters. The molecule has 4 rings (SSSR count). The van der Waals surface area contributed by atoms with Gasteiger partial charge in [0.25, 0.3) is 22.7 Å². The van der Waals surface area contributed by atoms with Gasteiger partial charge in [-0.25, -0.2) is 0 Å². The van der Waals surface area contributed by atoms with Gasteiger partial charge in [0.2, 0.25) is 0 Å². The fraction of sp³-hybridized carbons (Fsp3) is 0.250. The molecule has 4 atom stereocenters. The van der Waals surface area contributed by atoms with Crippen LogP contribution >= 0.6 is 46.4 Å². The van der Waals surface area contributed by atoms with Crippen molar-refractivity contribution in [2.75, 3.05) is 0 Å². The highest BCUT2D eigenvalue weighted by Gasteiger charge is 2.22. The number of benzene rings is 4. The Labute approximate surface area is 314 Å². The zero-order valence-electron chi connectivity index (χ0n) is 26.4. The lowest BCUT2D eigenvalue weighted by Crippen LogP contribution is -2.04. The van der Waals surface area contributed by atoms with E-state index in [2.05, 4.69) is 0 Å². The van der Waals surface area contributed by atoms with Crippen LogP contribution in [0.2, 0.25) is 20.1 Å². The Hall–Kier alpha value is -4.52. The standard InChI is InChI=1S/2C16H14Cl2N2O6/c2*17-11-3-1-9(7-13(11)19(23)24)15(21)5-6-16(22)10-2-4-12(18)14(8-10)20(25)26/h2*1-4,7-8,15-16,21-22H,5-6H2/t2*15-,16-/m11/s1. The first kappa shape index (κ1) is 41.9. The SMILES string of the molecule is O=[N+]([O-])c1cc([C@H](O)CC[C@@H](O)c2ccc(Cl)c([N+](=O)[O-])c2)ccc1Cl.O=[N+]([O-])c1cc([C@H](O)CC[C@@H](O)c2ccc(Cl)c([N+](=O)[O-])c2)ccc1Cl. The number of rotatable bonds is 14. The van der Waals surface area contributed by atoms with Gasteiger partial charge in [0.15, 0.2) is 0 Å². The third kappa shape index (κ3) is 11.2. The molecule has 0 saturated heterocycles. The minimum Gasteiger partial charge on any atom is -0.388 e. The van der Waals surface area contributed by atoms with Gasteiger partial charge in [0, 0.05) is 24.3 Å². The van der Waals surface area contributed by atoms with E-state index < -0.39 is 44.1 Å². The van der Waals surface area contributed by atoms with Crippen LogP contribution in [0.25, 0.3) is 0 Å². The van der Waals surface area contributed by atoms with Crippen LogP contribution in [-0.2, 0) is 0 Å². The molecule has 52 heavy (non-hydrogen) atoms. The maximum Gasteiger partial charge on any atom is 0.288 e. The summed E-state index contributed by atoms with van der Waals surface area (Å²) in [7, 11) is 0. The van der Waals surface area contributed by atoms with Crippen molar-refractivity contribution in [3.05, 3.63) is 156 Å². The molecule has 16 nitrogen and oxygen atoms in total. The average Bonchev–Trinajstić information content (AvgIpc) is 3.09. The second-order valence-electron chi connectivity index (χ2n) is 11.1. The second kappa shape index (κ2) is 18.8. The molecule has 0 fully saturated rings. The van der Waals surface area contributed by atoms with Gasteiger partial charge in [-0.2, -0.15) is 0 Å². The van der Waals surface area contributed by atoms with E-state index in [1.807, 2.05) is 0 Å². The van der Waals surface area contributed by atoms with Crippen LogP contribution in [-0.4, -0.2) is 40.1 Å². The van der Waals surface area contributed by atoms with Gasteiger partial charge in [-0.1, -0.05) is 70.7 Å². The van der Waals surface area contributed by atoms with Gasteiger partial charge in [-0.15, -0.1) is 0 Å². The quantitative estimate of drug-likeness (QED) is 0.0690. The molecule has 20 heteroatoms. The largest absolute Gasteiger partial charge is 0.388 e. The molecule has 4 aromatic carbocycles. The molecule has 0 radical (unpaired) electrons. The van der Waals surface area contributed by atoms with Crippen molar-refractivity contribution in [2.45, 2.75) is 50.1 Å². The summed E-state index contributed by atoms with van der Waals surface area (Å²) in [5.74, 6) is 0. The van der Waals surface area contributed by atoms with Crippen molar-refractivity contribution in [1.29, 1.82) is 0 Å². The number of hydrogen-bond acceptors (Lipinski definition) is 12. The number of nitrogens with zero attached hydrogens (tertiary/aromatic N) is 4. The second-order valence-corrected chi connectivity index (χ2v) is 12.7. The van der Waals surface area contributed by atoms with E-state index in [-0.39, 0.29) is 90.8 Å². The summed E-state index contributed by atoms with van der Waals surface area (Å²) in [6.45, 7) is 0. The van der Waals surface area contributed by atoms with E-state index >= 15 is 0 Å². The van der Waals surface area contributed by atoms with E-state index in [0.29, 0.717) is 0 Å². The Kier molecular flexibility index (Phi) is 15.2. The number of hydrogen-bond donors (Lipinski definition) is 4. The molecule has 0 amide bonds. The Morgan fingerprint density at radius 3 is 0.731 bits per heavy atom. The fourth-order valence-electron chi connectivity index (χ4n) is 4.81. The van der Waals surface area contributed by atoms with Crippen LogP contribution in [0.4, 0.5) is 22.7 Å². The van der Waals surface area contributed by atoms with E-state index in [1.165, 1.54) is 72.8 Å². The van der Waals surface area contributed by atoms with E-state index in [1.54, 1.807) is 0 Å². The first-order chi connectivity index (χ1) is 24.4. The van der Waals surface area contributed by atoms with Crippen LogP contribution in [0.3, 0.4) is 0 Å². The highest BCUT2D eigenvalue weighted by Crippen LogP contribution is 2.35. The van der Waals surface area contributed by atoms with Crippen molar-refractivity contribution >= 4 is 69.2 Å². The molecule has 0 heterocycles. The first-order valence-corrected chi connectivity index (χ1v) is 16.4. The fourth-order valence-corrected chi connectivity index (χ4v) is 5.55. The molecule has 0 aliphatic rings.